The third kappa shape index (κ3) is 4.10. The van der Waals surface area contributed by atoms with Gasteiger partial charge in [0.25, 0.3) is 17.7 Å². The van der Waals surface area contributed by atoms with Crippen molar-refractivity contribution in [1.29, 1.82) is 0 Å². The predicted molar refractivity (Wildman–Crippen MR) is 108 cm³/mol. The molecule has 3 heterocycles. The average Bonchev–Trinajstić information content (AvgIpc) is 3.46. The number of methoxy groups -OCH3 is 1. The highest BCUT2D eigenvalue weighted by Crippen LogP contribution is 2.25. The van der Waals surface area contributed by atoms with Crippen LogP contribution in [-0.4, -0.2) is 72.9 Å². The van der Waals surface area contributed by atoms with E-state index < -0.39 is 10.0 Å². The fraction of sp³-hybridized carbons (Fsp3) is 0.450. The van der Waals surface area contributed by atoms with E-state index in [0.29, 0.717) is 49.9 Å². The molecule has 1 aromatic heterocycles. The van der Waals surface area contributed by atoms with Crippen molar-refractivity contribution in [2.75, 3.05) is 33.3 Å². The second-order valence-corrected chi connectivity index (χ2v) is 9.22. The maximum absolute atomic E-state index is 12.8. The molecule has 0 aliphatic carbocycles. The number of hydrogen-bond acceptors (Lipinski definition) is 7. The molecule has 0 saturated carbocycles. The number of amides is 1. The number of sulfonamides is 1. The number of carbonyl (C=O) groups is 1. The third-order valence-corrected chi connectivity index (χ3v) is 7.25. The number of likely N-dealkylation sites (tertiary alicyclic amines) is 1. The molecule has 10 heteroatoms. The molecule has 2 aromatic rings. The van der Waals surface area contributed by atoms with E-state index in [1.54, 1.807) is 17.0 Å². The van der Waals surface area contributed by atoms with Crippen molar-refractivity contribution in [2.45, 2.75) is 30.3 Å². The predicted octanol–water partition coefficient (Wildman–Crippen LogP) is 1.56. The second-order valence-electron chi connectivity index (χ2n) is 7.29. The first-order valence-electron chi connectivity index (χ1n) is 9.90. The highest BCUT2D eigenvalue weighted by molar-refractivity contribution is 7.89. The summed E-state index contributed by atoms with van der Waals surface area (Å²) in [5, 5.41) is 0. The van der Waals surface area contributed by atoms with Gasteiger partial charge in [0.15, 0.2) is 0 Å². The summed E-state index contributed by atoms with van der Waals surface area (Å²) in [6.45, 7) is 2.05. The van der Waals surface area contributed by atoms with Crippen LogP contribution in [0.5, 0.6) is 11.8 Å². The van der Waals surface area contributed by atoms with Crippen LogP contribution in [0.2, 0.25) is 0 Å². The van der Waals surface area contributed by atoms with E-state index in [1.165, 1.54) is 35.9 Å². The number of hydrogen-bond donors (Lipinski definition) is 0. The molecule has 160 valence electrons. The highest BCUT2D eigenvalue weighted by atomic mass is 32.2. The lowest BCUT2D eigenvalue weighted by Gasteiger charge is -2.18. The number of benzene rings is 1. The van der Waals surface area contributed by atoms with Crippen molar-refractivity contribution in [1.82, 2.24) is 19.2 Å². The van der Waals surface area contributed by atoms with E-state index in [1.807, 2.05) is 0 Å². The van der Waals surface area contributed by atoms with E-state index in [9.17, 15) is 13.2 Å². The largest absolute Gasteiger partial charge is 0.477 e. The van der Waals surface area contributed by atoms with Crippen molar-refractivity contribution >= 4 is 15.9 Å². The van der Waals surface area contributed by atoms with Crippen LogP contribution in [0.4, 0.5) is 0 Å². The van der Waals surface area contributed by atoms with Gasteiger partial charge in [0.1, 0.15) is 6.10 Å². The molecule has 0 N–H and O–H groups in total. The number of aromatic nitrogens is 2. The summed E-state index contributed by atoms with van der Waals surface area (Å²) in [5.74, 6) is 0.449. The standard InChI is InChI=1S/C20H24N4O5S/c1-28-18-19(22-10-9-21-18)29-16-8-13-23(14-16)20(25)15-4-6-17(7-5-15)30(26,27)24-11-2-3-12-24/h4-7,9-10,16H,2-3,8,11-14H2,1H3. The number of nitrogens with zero attached hydrogens (tertiary/aromatic N) is 4. The summed E-state index contributed by atoms with van der Waals surface area (Å²) in [7, 11) is -1.99. The fourth-order valence-electron chi connectivity index (χ4n) is 3.73. The Morgan fingerprint density at radius 1 is 1.03 bits per heavy atom. The molecule has 4 rings (SSSR count). The number of rotatable bonds is 6. The van der Waals surface area contributed by atoms with Crippen LogP contribution < -0.4 is 9.47 Å². The van der Waals surface area contributed by atoms with Gasteiger partial charge in [-0.05, 0) is 37.1 Å². The van der Waals surface area contributed by atoms with Crippen molar-refractivity contribution in [3.05, 3.63) is 42.2 Å². The zero-order chi connectivity index (χ0) is 21.1. The molecule has 2 aliphatic rings. The molecule has 1 unspecified atom stereocenters. The molecular formula is C20H24N4O5S. The van der Waals surface area contributed by atoms with Gasteiger partial charge in [-0.1, -0.05) is 0 Å². The van der Waals surface area contributed by atoms with Crippen LogP contribution in [0, 0.1) is 0 Å². The van der Waals surface area contributed by atoms with Gasteiger partial charge in [-0.15, -0.1) is 0 Å². The van der Waals surface area contributed by atoms with E-state index in [2.05, 4.69) is 9.97 Å². The van der Waals surface area contributed by atoms with Crippen LogP contribution in [0.15, 0.2) is 41.6 Å². The van der Waals surface area contributed by atoms with Crippen molar-refractivity contribution in [3.8, 4) is 11.8 Å². The zero-order valence-electron chi connectivity index (χ0n) is 16.7. The van der Waals surface area contributed by atoms with Crippen LogP contribution in [0.25, 0.3) is 0 Å². The number of ether oxygens (including phenoxy) is 2. The molecule has 1 amide bonds. The topological polar surface area (TPSA) is 102 Å². The lowest BCUT2D eigenvalue weighted by Crippen LogP contribution is -2.31. The maximum Gasteiger partial charge on any atom is 0.278 e. The first-order chi connectivity index (χ1) is 14.5. The Balaban J connectivity index is 1.40. The summed E-state index contributed by atoms with van der Waals surface area (Å²) in [4.78, 5) is 22.9. The van der Waals surface area contributed by atoms with Gasteiger partial charge in [0.05, 0.1) is 18.6 Å². The van der Waals surface area contributed by atoms with Crippen molar-refractivity contribution in [3.63, 3.8) is 0 Å². The van der Waals surface area contributed by atoms with E-state index >= 15 is 0 Å². The molecule has 0 radical (unpaired) electrons. The SMILES string of the molecule is COc1nccnc1OC1CCN(C(=O)c2ccc(S(=O)(=O)N3CCCC3)cc2)C1. The maximum atomic E-state index is 12.8. The lowest BCUT2D eigenvalue weighted by molar-refractivity contribution is 0.0770. The van der Waals surface area contributed by atoms with Crippen LogP contribution in [-0.2, 0) is 10.0 Å². The molecule has 2 saturated heterocycles. The Morgan fingerprint density at radius 2 is 1.70 bits per heavy atom. The molecule has 1 atom stereocenters. The molecular weight excluding hydrogens is 408 g/mol. The van der Waals surface area contributed by atoms with E-state index in [4.69, 9.17) is 9.47 Å². The fourth-order valence-corrected chi connectivity index (χ4v) is 5.25. The molecule has 30 heavy (non-hydrogen) atoms. The molecule has 9 nitrogen and oxygen atoms in total. The first kappa shape index (κ1) is 20.5. The summed E-state index contributed by atoms with van der Waals surface area (Å²) in [5.41, 5.74) is 0.452. The molecule has 0 bridgehead atoms. The van der Waals surface area contributed by atoms with Gasteiger partial charge in [0, 0.05) is 44.0 Å². The highest BCUT2D eigenvalue weighted by Gasteiger charge is 2.30. The quantitative estimate of drug-likeness (QED) is 0.683. The Kier molecular flexibility index (Phi) is 5.87. The first-order valence-corrected chi connectivity index (χ1v) is 11.3. The van der Waals surface area contributed by atoms with Crippen LogP contribution in [0.3, 0.4) is 0 Å². The summed E-state index contributed by atoms with van der Waals surface area (Å²) < 4.78 is 37.8. The van der Waals surface area contributed by atoms with Gasteiger partial charge >= 0.3 is 0 Å². The van der Waals surface area contributed by atoms with Crippen LogP contribution in [0.1, 0.15) is 29.6 Å². The van der Waals surface area contributed by atoms with E-state index in [0.717, 1.165) is 12.8 Å². The van der Waals surface area contributed by atoms with Crippen molar-refractivity contribution in [2.24, 2.45) is 0 Å². The van der Waals surface area contributed by atoms with Crippen LogP contribution >= 0.6 is 0 Å². The zero-order valence-corrected chi connectivity index (χ0v) is 17.5. The Morgan fingerprint density at radius 3 is 2.37 bits per heavy atom. The minimum Gasteiger partial charge on any atom is -0.477 e. The second kappa shape index (κ2) is 8.57. The van der Waals surface area contributed by atoms with Gasteiger partial charge in [-0.3, -0.25) is 4.79 Å². The summed E-state index contributed by atoms with van der Waals surface area (Å²) in [6.07, 6.45) is 5.25. The summed E-state index contributed by atoms with van der Waals surface area (Å²) in [6, 6.07) is 6.17. The summed E-state index contributed by atoms with van der Waals surface area (Å²) >= 11 is 0. The van der Waals surface area contributed by atoms with Gasteiger partial charge in [-0.2, -0.15) is 4.31 Å². The van der Waals surface area contributed by atoms with Gasteiger partial charge < -0.3 is 14.4 Å². The molecule has 2 aliphatic heterocycles. The molecule has 1 aromatic carbocycles. The third-order valence-electron chi connectivity index (χ3n) is 5.34. The minimum atomic E-state index is -3.49. The minimum absolute atomic E-state index is 0.155. The lowest BCUT2D eigenvalue weighted by atomic mass is 10.2. The van der Waals surface area contributed by atoms with Gasteiger partial charge in [-0.25, -0.2) is 18.4 Å². The van der Waals surface area contributed by atoms with E-state index in [-0.39, 0.29) is 16.9 Å². The molecule has 0 spiro atoms. The monoisotopic (exact) mass is 432 g/mol. The Hall–Kier alpha value is -2.72. The number of carbonyl (C=O) groups excluding carboxylic acids is 1. The van der Waals surface area contributed by atoms with Crippen molar-refractivity contribution < 1.29 is 22.7 Å². The normalized spacial score (nSPS) is 19.8. The Labute approximate surface area is 175 Å². The molecule has 2 fully saturated rings. The Bertz CT molecular complexity index is 1010. The van der Waals surface area contributed by atoms with Gasteiger partial charge in [0.2, 0.25) is 10.0 Å². The average molecular weight is 433 g/mol. The smallest absolute Gasteiger partial charge is 0.278 e.